The Morgan fingerprint density at radius 2 is 1.83 bits per heavy atom. The normalized spacial score (nSPS) is 14.3. The molecule has 0 spiro atoms. The number of nitrogens with one attached hydrogen (secondary N) is 1. The third kappa shape index (κ3) is 6.05. The van der Waals surface area contributed by atoms with E-state index in [0.29, 0.717) is 33.3 Å². The van der Waals surface area contributed by atoms with E-state index in [1.165, 1.54) is 19.3 Å². The second-order valence-corrected chi connectivity index (χ2v) is 9.04. The van der Waals surface area contributed by atoms with E-state index >= 15 is 0 Å². The monoisotopic (exact) mass is 526 g/mol. The van der Waals surface area contributed by atoms with Crippen molar-refractivity contribution in [2.24, 2.45) is 0 Å². The van der Waals surface area contributed by atoms with Gasteiger partial charge in [0.15, 0.2) is 11.5 Å². The number of hydrogen-bond acceptors (Lipinski definition) is 6. The van der Waals surface area contributed by atoms with Crippen molar-refractivity contribution >= 4 is 52.2 Å². The maximum atomic E-state index is 13.9. The third-order valence-corrected chi connectivity index (χ3v) is 6.29. The summed E-state index contributed by atoms with van der Waals surface area (Å²) < 4.78 is 24.9. The minimum Gasteiger partial charge on any atom is -0.493 e. The molecular formula is C26H20ClFN2O5S. The number of carbonyl (C=O) groups excluding carboxylic acids is 3. The number of nitrogens with zero attached hydrogens (tertiary/aromatic N) is 1. The molecule has 1 aliphatic rings. The van der Waals surface area contributed by atoms with Gasteiger partial charge in [-0.15, -0.1) is 0 Å². The molecule has 0 aromatic heterocycles. The van der Waals surface area contributed by atoms with Gasteiger partial charge in [0.2, 0.25) is 5.91 Å². The van der Waals surface area contributed by atoms with E-state index in [1.807, 2.05) is 0 Å². The molecular weight excluding hydrogens is 507 g/mol. The average Bonchev–Trinajstić information content (AvgIpc) is 3.12. The number of halogens is 2. The summed E-state index contributed by atoms with van der Waals surface area (Å²) in [6.07, 6.45) is 1.53. The first kappa shape index (κ1) is 25.3. The summed E-state index contributed by atoms with van der Waals surface area (Å²) >= 11 is 6.57. The molecule has 7 nitrogen and oxygen atoms in total. The van der Waals surface area contributed by atoms with E-state index in [4.69, 9.17) is 21.1 Å². The van der Waals surface area contributed by atoms with Crippen LogP contribution >= 0.6 is 23.4 Å². The minimum atomic E-state index is -0.574. The van der Waals surface area contributed by atoms with Crippen LogP contribution in [0.15, 0.2) is 71.6 Å². The summed E-state index contributed by atoms with van der Waals surface area (Å²) in [6, 6.07) is 17.7. The van der Waals surface area contributed by atoms with Crippen LogP contribution in [0.3, 0.4) is 0 Å². The standard InChI is InChI=1S/C26H20ClFN2O5S/c1-34-22-12-16(6-11-21(22)35-15-17-4-2-3-5-20(17)28)13-23-25(32)30(26(33)36-23)14-24(31)29-19-9-7-18(27)8-10-19/h2-13H,14-15H2,1H3,(H,29,31)/b23-13+. The highest BCUT2D eigenvalue weighted by Crippen LogP contribution is 2.35. The third-order valence-electron chi connectivity index (χ3n) is 5.13. The molecule has 0 radical (unpaired) electrons. The van der Waals surface area contributed by atoms with Gasteiger partial charge in [-0.05, 0) is 65.9 Å². The summed E-state index contributed by atoms with van der Waals surface area (Å²) in [5.41, 5.74) is 1.48. The van der Waals surface area contributed by atoms with E-state index in [0.717, 1.165) is 16.7 Å². The fourth-order valence-corrected chi connectivity index (χ4v) is 4.29. The van der Waals surface area contributed by atoms with Crippen molar-refractivity contribution in [2.75, 3.05) is 19.0 Å². The first-order valence-corrected chi connectivity index (χ1v) is 11.9. The maximum Gasteiger partial charge on any atom is 0.294 e. The molecule has 1 heterocycles. The Labute approximate surface area is 215 Å². The molecule has 3 amide bonds. The molecule has 0 bridgehead atoms. The Kier molecular flexibility index (Phi) is 7.92. The molecule has 36 heavy (non-hydrogen) atoms. The molecule has 1 saturated heterocycles. The number of hydrogen-bond donors (Lipinski definition) is 1. The van der Waals surface area contributed by atoms with Gasteiger partial charge < -0.3 is 14.8 Å². The highest BCUT2D eigenvalue weighted by atomic mass is 35.5. The molecule has 1 aliphatic heterocycles. The predicted molar refractivity (Wildman–Crippen MR) is 136 cm³/mol. The minimum absolute atomic E-state index is 0.0132. The Morgan fingerprint density at radius 3 is 2.56 bits per heavy atom. The molecule has 10 heteroatoms. The topological polar surface area (TPSA) is 84.9 Å². The summed E-state index contributed by atoms with van der Waals surface area (Å²) in [5, 5.41) is 2.60. The van der Waals surface area contributed by atoms with E-state index in [9.17, 15) is 18.8 Å². The Balaban J connectivity index is 1.43. The number of amides is 3. The number of rotatable bonds is 8. The van der Waals surface area contributed by atoms with Gasteiger partial charge in [-0.25, -0.2) is 4.39 Å². The summed E-state index contributed by atoms with van der Waals surface area (Å²) in [7, 11) is 1.46. The van der Waals surface area contributed by atoms with Crippen LogP contribution in [0.5, 0.6) is 11.5 Å². The molecule has 0 atom stereocenters. The fraction of sp³-hybridized carbons (Fsp3) is 0.115. The zero-order valence-corrected chi connectivity index (χ0v) is 20.6. The van der Waals surface area contributed by atoms with Crippen LogP contribution in [-0.4, -0.2) is 35.6 Å². The molecule has 1 fully saturated rings. The van der Waals surface area contributed by atoms with Crippen LogP contribution < -0.4 is 14.8 Å². The van der Waals surface area contributed by atoms with Crippen molar-refractivity contribution in [3.05, 3.63) is 93.6 Å². The number of carbonyl (C=O) groups is 3. The largest absolute Gasteiger partial charge is 0.493 e. The number of thioether (sulfide) groups is 1. The summed E-state index contributed by atoms with van der Waals surface area (Å²) in [4.78, 5) is 38.6. The van der Waals surface area contributed by atoms with Crippen LogP contribution in [0.2, 0.25) is 5.02 Å². The van der Waals surface area contributed by atoms with Crippen LogP contribution in [0.25, 0.3) is 6.08 Å². The molecule has 1 N–H and O–H groups in total. The Bertz CT molecular complexity index is 1350. The molecule has 0 unspecified atom stereocenters. The lowest BCUT2D eigenvalue weighted by Crippen LogP contribution is -2.36. The van der Waals surface area contributed by atoms with Gasteiger partial charge in [0.25, 0.3) is 11.1 Å². The average molecular weight is 527 g/mol. The van der Waals surface area contributed by atoms with Gasteiger partial charge in [-0.3, -0.25) is 19.3 Å². The van der Waals surface area contributed by atoms with Crippen molar-refractivity contribution < 1.29 is 28.2 Å². The van der Waals surface area contributed by atoms with Gasteiger partial charge in [0.05, 0.1) is 12.0 Å². The summed E-state index contributed by atoms with van der Waals surface area (Å²) in [5.74, 6) is -0.689. The van der Waals surface area contributed by atoms with Crippen LogP contribution in [0.1, 0.15) is 11.1 Å². The number of anilines is 1. The van der Waals surface area contributed by atoms with E-state index in [-0.39, 0.29) is 17.3 Å². The second kappa shape index (κ2) is 11.3. The molecule has 184 valence electrons. The smallest absolute Gasteiger partial charge is 0.294 e. The van der Waals surface area contributed by atoms with Crippen LogP contribution in [-0.2, 0) is 16.2 Å². The van der Waals surface area contributed by atoms with Crippen LogP contribution in [0.4, 0.5) is 14.9 Å². The molecule has 4 rings (SSSR count). The quantitative estimate of drug-likeness (QED) is 0.377. The van der Waals surface area contributed by atoms with E-state index < -0.39 is 23.6 Å². The van der Waals surface area contributed by atoms with Gasteiger partial charge in [0.1, 0.15) is 19.0 Å². The van der Waals surface area contributed by atoms with Crippen molar-refractivity contribution in [2.45, 2.75) is 6.61 Å². The maximum absolute atomic E-state index is 13.9. The second-order valence-electron chi connectivity index (χ2n) is 7.61. The SMILES string of the molecule is COc1cc(/C=C2/SC(=O)N(CC(=O)Nc3ccc(Cl)cc3)C2=O)ccc1OCc1ccccc1F. The van der Waals surface area contributed by atoms with E-state index in [1.54, 1.807) is 60.7 Å². The lowest BCUT2D eigenvalue weighted by molar-refractivity contribution is -0.127. The van der Waals surface area contributed by atoms with E-state index in [2.05, 4.69) is 5.32 Å². The van der Waals surface area contributed by atoms with Gasteiger partial charge in [-0.2, -0.15) is 0 Å². The predicted octanol–water partition coefficient (Wildman–Crippen LogP) is 5.74. The highest BCUT2D eigenvalue weighted by Gasteiger charge is 2.36. The number of imide groups is 1. The molecule has 0 aliphatic carbocycles. The van der Waals surface area contributed by atoms with Crippen LogP contribution in [0, 0.1) is 5.82 Å². The van der Waals surface area contributed by atoms with Crippen molar-refractivity contribution in [1.29, 1.82) is 0 Å². The molecule has 0 saturated carbocycles. The Hall–Kier alpha value is -3.82. The number of benzene rings is 3. The summed E-state index contributed by atoms with van der Waals surface area (Å²) in [6.45, 7) is -0.407. The molecule has 3 aromatic carbocycles. The van der Waals surface area contributed by atoms with Crippen molar-refractivity contribution in [3.63, 3.8) is 0 Å². The van der Waals surface area contributed by atoms with Gasteiger partial charge in [-0.1, -0.05) is 35.9 Å². The molecule has 3 aromatic rings. The number of ether oxygens (including phenoxy) is 2. The Morgan fingerprint density at radius 1 is 1.08 bits per heavy atom. The number of methoxy groups -OCH3 is 1. The van der Waals surface area contributed by atoms with Crippen molar-refractivity contribution in [3.8, 4) is 11.5 Å². The van der Waals surface area contributed by atoms with Gasteiger partial charge >= 0.3 is 0 Å². The van der Waals surface area contributed by atoms with Crippen molar-refractivity contribution in [1.82, 2.24) is 4.90 Å². The lowest BCUT2D eigenvalue weighted by Gasteiger charge is -2.13. The lowest BCUT2D eigenvalue weighted by atomic mass is 10.1. The van der Waals surface area contributed by atoms with Gasteiger partial charge in [0, 0.05) is 16.3 Å². The zero-order valence-electron chi connectivity index (χ0n) is 19.0. The first-order chi connectivity index (χ1) is 17.3. The fourth-order valence-electron chi connectivity index (χ4n) is 3.33. The zero-order chi connectivity index (χ0) is 25.7. The highest BCUT2D eigenvalue weighted by molar-refractivity contribution is 8.18. The first-order valence-electron chi connectivity index (χ1n) is 10.7.